The molecule has 0 saturated heterocycles. The van der Waals surface area contributed by atoms with Gasteiger partial charge in [0.1, 0.15) is 0 Å². The fraction of sp³-hybridized carbons (Fsp3) is 0.200. The Morgan fingerprint density at radius 2 is 2.36 bits per heavy atom. The molecule has 0 N–H and O–H groups in total. The van der Waals surface area contributed by atoms with Gasteiger partial charge in [0.15, 0.2) is 5.82 Å². The van der Waals surface area contributed by atoms with Gasteiger partial charge in [0.2, 0.25) is 0 Å². The van der Waals surface area contributed by atoms with Crippen LogP contribution in [0.5, 0.6) is 0 Å². The molecular weight excluding hydrogens is 242 g/mol. The van der Waals surface area contributed by atoms with Gasteiger partial charge in [-0.2, -0.15) is 5.10 Å². The van der Waals surface area contributed by atoms with Crippen LogP contribution in [0, 0.1) is 6.92 Å². The smallest absolute Gasteiger partial charge is 0.156 e. The number of hydrogen-bond acceptors (Lipinski definition) is 2. The highest BCUT2D eigenvalue weighted by atomic mass is 79.9. The summed E-state index contributed by atoms with van der Waals surface area (Å²) in [6.45, 7) is 2.04. The Kier molecular flexibility index (Phi) is 2.63. The predicted molar refractivity (Wildman–Crippen MR) is 58.7 cm³/mol. The molecule has 0 aliphatic rings. The van der Waals surface area contributed by atoms with Crippen molar-refractivity contribution in [2.75, 3.05) is 0 Å². The van der Waals surface area contributed by atoms with Crippen LogP contribution < -0.4 is 0 Å². The lowest BCUT2D eigenvalue weighted by Crippen LogP contribution is -2.01. The molecule has 2 aromatic rings. The van der Waals surface area contributed by atoms with Gasteiger partial charge in [0.05, 0.1) is 0 Å². The third-order valence-corrected chi connectivity index (χ3v) is 2.63. The number of pyridine rings is 1. The third-order valence-electron chi connectivity index (χ3n) is 1.98. The van der Waals surface area contributed by atoms with E-state index < -0.39 is 0 Å². The van der Waals surface area contributed by atoms with Gasteiger partial charge in [-0.25, -0.2) is 9.67 Å². The molecule has 2 rings (SSSR count). The minimum atomic E-state index is 0.834. The number of rotatable bonds is 2. The maximum atomic E-state index is 4.36. The lowest BCUT2D eigenvalue weighted by Gasteiger charge is -2.05. The largest absolute Gasteiger partial charge is 0.237 e. The van der Waals surface area contributed by atoms with Gasteiger partial charge >= 0.3 is 0 Å². The first-order valence-corrected chi connectivity index (χ1v) is 5.45. The van der Waals surface area contributed by atoms with Crippen molar-refractivity contribution in [2.45, 2.75) is 12.3 Å². The molecule has 0 bridgehead atoms. The minimum Gasteiger partial charge on any atom is -0.237 e. The summed E-state index contributed by atoms with van der Waals surface area (Å²) in [5.41, 5.74) is 2.31. The molecule has 0 radical (unpaired) electrons. The first-order valence-electron chi connectivity index (χ1n) is 4.33. The Balaban J connectivity index is 2.46. The van der Waals surface area contributed by atoms with Crippen molar-refractivity contribution >= 4 is 15.9 Å². The van der Waals surface area contributed by atoms with Crippen molar-refractivity contribution < 1.29 is 0 Å². The summed E-state index contributed by atoms with van der Waals surface area (Å²) in [5.74, 6) is 0.889. The maximum absolute atomic E-state index is 4.36. The Labute approximate surface area is 90.9 Å². The van der Waals surface area contributed by atoms with Crippen LogP contribution in [0.4, 0.5) is 0 Å². The van der Waals surface area contributed by atoms with E-state index in [0.29, 0.717) is 0 Å². The SMILES string of the molecule is Cc1cc(CBr)cnc1-n1cccn1. The lowest BCUT2D eigenvalue weighted by molar-refractivity contribution is 0.836. The fourth-order valence-corrected chi connectivity index (χ4v) is 1.64. The molecule has 0 atom stereocenters. The summed E-state index contributed by atoms with van der Waals surface area (Å²) < 4.78 is 1.77. The number of alkyl halides is 1. The van der Waals surface area contributed by atoms with Gasteiger partial charge in [0.25, 0.3) is 0 Å². The van der Waals surface area contributed by atoms with Crippen LogP contribution in [-0.2, 0) is 5.33 Å². The van der Waals surface area contributed by atoms with Crippen molar-refractivity contribution in [1.29, 1.82) is 0 Å². The van der Waals surface area contributed by atoms with Crippen LogP contribution in [0.3, 0.4) is 0 Å². The van der Waals surface area contributed by atoms with E-state index in [-0.39, 0.29) is 0 Å². The van der Waals surface area contributed by atoms with E-state index in [9.17, 15) is 0 Å². The number of halogens is 1. The molecule has 0 spiro atoms. The molecule has 14 heavy (non-hydrogen) atoms. The van der Waals surface area contributed by atoms with Gasteiger partial charge in [0, 0.05) is 23.9 Å². The second-order valence-electron chi connectivity index (χ2n) is 3.07. The molecule has 0 aliphatic heterocycles. The summed E-state index contributed by atoms with van der Waals surface area (Å²) in [6.07, 6.45) is 5.50. The standard InChI is InChI=1S/C10H10BrN3/c1-8-5-9(6-11)7-12-10(8)14-4-2-3-13-14/h2-5,7H,6H2,1H3. The van der Waals surface area contributed by atoms with Crippen molar-refractivity contribution in [3.05, 3.63) is 41.9 Å². The van der Waals surface area contributed by atoms with Crippen LogP contribution in [0.1, 0.15) is 11.1 Å². The molecule has 3 nitrogen and oxygen atoms in total. The van der Waals surface area contributed by atoms with E-state index in [1.165, 1.54) is 5.56 Å². The number of aryl methyl sites for hydroxylation is 1. The Morgan fingerprint density at radius 3 is 2.93 bits per heavy atom. The molecule has 0 aromatic carbocycles. The zero-order valence-electron chi connectivity index (χ0n) is 7.81. The van der Waals surface area contributed by atoms with E-state index in [1.54, 1.807) is 10.9 Å². The van der Waals surface area contributed by atoms with Crippen molar-refractivity contribution in [1.82, 2.24) is 14.8 Å². The first kappa shape index (κ1) is 9.40. The quantitative estimate of drug-likeness (QED) is 0.768. The zero-order chi connectivity index (χ0) is 9.97. The summed E-state index contributed by atoms with van der Waals surface area (Å²) in [5, 5.41) is 4.98. The highest BCUT2D eigenvalue weighted by Crippen LogP contribution is 2.13. The Morgan fingerprint density at radius 1 is 1.50 bits per heavy atom. The monoisotopic (exact) mass is 251 g/mol. The molecule has 0 amide bonds. The van der Waals surface area contributed by atoms with E-state index in [0.717, 1.165) is 16.7 Å². The van der Waals surface area contributed by atoms with Crippen molar-refractivity contribution in [3.63, 3.8) is 0 Å². The minimum absolute atomic E-state index is 0.834. The van der Waals surface area contributed by atoms with Crippen molar-refractivity contribution in [2.24, 2.45) is 0 Å². The molecule has 72 valence electrons. The second kappa shape index (κ2) is 3.92. The Hall–Kier alpha value is -1.16. The van der Waals surface area contributed by atoms with Gasteiger partial charge < -0.3 is 0 Å². The maximum Gasteiger partial charge on any atom is 0.156 e. The average Bonchev–Trinajstić information content (AvgIpc) is 2.70. The van der Waals surface area contributed by atoms with Crippen LogP contribution >= 0.6 is 15.9 Å². The third kappa shape index (κ3) is 1.70. The molecule has 0 unspecified atom stereocenters. The summed E-state index contributed by atoms with van der Waals surface area (Å²) in [6, 6.07) is 4.00. The van der Waals surface area contributed by atoms with Crippen LogP contribution in [0.15, 0.2) is 30.7 Å². The van der Waals surface area contributed by atoms with Gasteiger partial charge in [-0.1, -0.05) is 15.9 Å². The molecule has 2 aromatic heterocycles. The molecule has 0 fully saturated rings. The van der Waals surface area contributed by atoms with E-state index in [2.05, 4.69) is 32.1 Å². The second-order valence-corrected chi connectivity index (χ2v) is 3.63. The van der Waals surface area contributed by atoms with Crippen molar-refractivity contribution in [3.8, 4) is 5.82 Å². The first-order chi connectivity index (χ1) is 6.81. The molecule has 0 saturated carbocycles. The van der Waals surface area contributed by atoms with E-state index in [4.69, 9.17) is 0 Å². The highest BCUT2D eigenvalue weighted by molar-refractivity contribution is 9.08. The summed E-state index contributed by atoms with van der Waals surface area (Å²) in [7, 11) is 0. The molecule has 2 heterocycles. The van der Waals surface area contributed by atoms with E-state index >= 15 is 0 Å². The molecule has 0 aliphatic carbocycles. The summed E-state index contributed by atoms with van der Waals surface area (Å²) in [4.78, 5) is 4.36. The fourth-order valence-electron chi connectivity index (χ4n) is 1.33. The zero-order valence-corrected chi connectivity index (χ0v) is 9.40. The average molecular weight is 252 g/mol. The van der Waals surface area contributed by atoms with Gasteiger partial charge in [-0.15, -0.1) is 0 Å². The summed E-state index contributed by atoms with van der Waals surface area (Å²) >= 11 is 3.40. The lowest BCUT2D eigenvalue weighted by atomic mass is 10.2. The predicted octanol–water partition coefficient (Wildman–Crippen LogP) is 2.47. The highest BCUT2D eigenvalue weighted by Gasteiger charge is 2.02. The van der Waals surface area contributed by atoms with Crippen LogP contribution in [0.2, 0.25) is 0 Å². The topological polar surface area (TPSA) is 30.7 Å². The molecular formula is C10H10BrN3. The van der Waals surface area contributed by atoms with Gasteiger partial charge in [-0.05, 0) is 30.2 Å². The number of nitrogens with zero attached hydrogens (tertiary/aromatic N) is 3. The van der Waals surface area contributed by atoms with E-state index in [1.807, 2.05) is 25.4 Å². The number of aromatic nitrogens is 3. The van der Waals surface area contributed by atoms with Crippen LogP contribution in [0.25, 0.3) is 5.82 Å². The molecule has 4 heteroatoms. The van der Waals surface area contributed by atoms with Crippen LogP contribution in [-0.4, -0.2) is 14.8 Å². The Bertz CT molecular complexity index is 423. The number of hydrogen-bond donors (Lipinski definition) is 0. The normalized spacial score (nSPS) is 10.4. The van der Waals surface area contributed by atoms with Gasteiger partial charge in [-0.3, -0.25) is 0 Å².